The van der Waals surface area contributed by atoms with Crippen LogP contribution in [-0.4, -0.2) is 20.1 Å². The highest BCUT2D eigenvalue weighted by Gasteiger charge is 2.22. The Morgan fingerprint density at radius 3 is 2.53 bits per heavy atom. The molecule has 3 aromatic carbocycles. The lowest BCUT2D eigenvalue weighted by molar-refractivity contribution is 0.103. The van der Waals surface area contributed by atoms with E-state index < -0.39 is 0 Å². The minimum atomic E-state index is -0.281. The molecular formula is C28H20N6O2. The summed E-state index contributed by atoms with van der Waals surface area (Å²) >= 11 is 0. The zero-order chi connectivity index (χ0) is 25.4. The Morgan fingerprint density at radius 2 is 1.78 bits per heavy atom. The summed E-state index contributed by atoms with van der Waals surface area (Å²) in [6, 6.07) is 23.7. The van der Waals surface area contributed by atoms with Gasteiger partial charge in [-0.2, -0.15) is 15.6 Å². The summed E-state index contributed by atoms with van der Waals surface area (Å²) in [6.07, 6.45) is 1.46. The number of ether oxygens (including phenoxy) is 1. The van der Waals surface area contributed by atoms with E-state index in [1.807, 2.05) is 25.1 Å². The van der Waals surface area contributed by atoms with Crippen molar-refractivity contribution in [2.24, 2.45) is 7.05 Å². The number of aryl methyl sites for hydroxylation is 2. The first-order valence-corrected chi connectivity index (χ1v) is 11.1. The first-order chi connectivity index (χ1) is 17.4. The van der Waals surface area contributed by atoms with Gasteiger partial charge in [0.25, 0.3) is 0 Å². The lowest BCUT2D eigenvalue weighted by Crippen LogP contribution is -2.10. The maximum absolute atomic E-state index is 13.4. The number of ketones is 1. The van der Waals surface area contributed by atoms with Gasteiger partial charge in [0.15, 0.2) is 0 Å². The first-order valence-electron chi connectivity index (χ1n) is 11.1. The Kier molecular flexibility index (Phi) is 5.48. The van der Waals surface area contributed by atoms with Crippen LogP contribution in [0.15, 0.2) is 72.9 Å². The normalized spacial score (nSPS) is 10.7. The zero-order valence-electron chi connectivity index (χ0n) is 19.6. The molecule has 0 unspecified atom stereocenters. The molecule has 36 heavy (non-hydrogen) atoms. The third kappa shape index (κ3) is 3.73. The first kappa shape index (κ1) is 22.5. The number of fused-ring (bicyclic) bond motifs is 1. The molecule has 0 aliphatic rings. The molecule has 0 radical (unpaired) electrons. The van der Waals surface area contributed by atoms with Crippen LogP contribution in [0, 0.1) is 29.6 Å². The molecule has 0 atom stereocenters. The van der Waals surface area contributed by atoms with Crippen molar-refractivity contribution in [3.63, 3.8) is 0 Å². The summed E-state index contributed by atoms with van der Waals surface area (Å²) in [6.45, 7) is 1.89. The molecule has 0 aliphatic heterocycles. The van der Waals surface area contributed by atoms with Crippen molar-refractivity contribution in [1.29, 1.82) is 10.5 Å². The molecule has 0 saturated heterocycles. The molecule has 0 amide bonds. The van der Waals surface area contributed by atoms with Crippen LogP contribution in [0.1, 0.15) is 32.7 Å². The van der Waals surface area contributed by atoms with Crippen LogP contribution in [0.2, 0.25) is 0 Å². The number of hydrogen-bond acceptors (Lipinski definition) is 6. The van der Waals surface area contributed by atoms with E-state index in [0.29, 0.717) is 39.4 Å². The molecule has 0 fully saturated rings. The molecule has 0 aliphatic carbocycles. The van der Waals surface area contributed by atoms with Crippen molar-refractivity contribution in [2.45, 2.75) is 6.92 Å². The summed E-state index contributed by atoms with van der Waals surface area (Å²) in [5.74, 6) is 1.08. The highest BCUT2D eigenvalue weighted by molar-refractivity contribution is 6.13. The maximum atomic E-state index is 13.4. The van der Waals surface area contributed by atoms with Gasteiger partial charge in [0.1, 0.15) is 17.3 Å². The fourth-order valence-electron chi connectivity index (χ4n) is 4.23. The molecule has 2 heterocycles. The molecule has 8 nitrogen and oxygen atoms in total. The van der Waals surface area contributed by atoms with Gasteiger partial charge in [-0.15, -0.1) is 0 Å². The highest BCUT2D eigenvalue weighted by Crippen LogP contribution is 2.29. The molecule has 2 N–H and O–H groups in total. The molecule has 8 heteroatoms. The maximum Gasteiger partial charge on any atom is 0.214 e. The SMILES string of the molecule is Cc1cc(Oc2cccc(C#N)c2)ccc1-n1ncc(C(=O)c2cc3c(C#N)cccc3n2C)c1N. The molecule has 5 rings (SSSR count). The third-order valence-electron chi connectivity index (χ3n) is 6.09. The molecule has 0 saturated carbocycles. The zero-order valence-corrected chi connectivity index (χ0v) is 19.6. The quantitative estimate of drug-likeness (QED) is 0.358. The highest BCUT2D eigenvalue weighted by atomic mass is 16.5. The molecule has 174 valence electrons. The van der Waals surface area contributed by atoms with E-state index in [0.717, 1.165) is 11.1 Å². The number of nitrogen functional groups attached to an aromatic ring is 1. The van der Waals surface area contributed by atoms with E-state index in [1.54, 1.807) is 60.1 Å². The van der Waals surface area contributed by atoms with Crippen LogP contribution >= 0.6 is 0 Å². The number of carbonyl (C=O) groups is 1. The van der Waals surface area contributed by atoms with E-state index in [9.17, 15) is 10.1 Å². The number of rotatable bonds is 5. The van der Waals surface area contributed by atoms with Gasteiger partial charge in [-0.3, -0.25) is 4.79 Å². The van der Waals surface area contributed by atoms with Crippen molar-refractivity contribution < 1.29 is 9.53 Å². The van der Waals surface area contributed by atoms with Crippen molar-refractivity contribution in [1.82, 2.24) is 14.3 Å². The Morgan fingerprint density at radius 1 is 1.00 bits per heavy atom. The second kappa shape index (κ2) is 8.79. The Hall–Kier alpha value is -5.34. The lowest BCUT2D eigenvalue weighted by atomic mass is 10.1. The van der Waals surface area contributed by atoms with Crippen molar-refractivity contribution in [3.05, 3.63) is 101 Å². The predicted molar refractivity (Wildman–Crippen MR) is 135 cm³/mol. The van der Waals surface area contributed by atoms with Gasteiger partial charge in [-0.1, -0.05) is 12.1 Å². The van der Waals surface area contributed by atoms with Crippen molar-refractivity contribution >= 4 is 22.5 Å². The van der Waals surface area contributed by atoms with Gasteiger partial charge in [0.2, 0.25) is 5.78 Å². The topological polar surface area (TPSA) is 123 Å². The molecule has 0 bridgehead atoms. The average Bonchev–Trinajstić information content (AvgIpc) is 3.43. The van der Waals surface area contributed by atoms with Gasteiger partial charge in [0, 0.05) is 18.0 Å². The minimum Gasteiger partial charge on any atom is -0.457 e. The summed E-state index contributed by atoms with van der Waals surface area (Å²) in [4.78, 5) is 13.4. The number of benzene rings is 3. The smallest absolute Gasteiger partial charge is 0.214 e. The van der Waals surface area contributed by atoms with E-state index >= 15 is 0 Å². The summed E-state index contributed by atoms with van der Waals surface area (Å²) < 4.78 is 9.17. The second-order valence-electron chi connectivity index (χ2n) is 8.31. The standard InChI is InChI=1S/C28H20N6O2/c1-17-11-21(36-20-7-3-5-18(12-20)14-29)9-10-24(17)34-28(31)23(16-32-34)27(35)26-13-22-19(15-30)6-4-8-25(22)33(26)2/h3-13,16H,31H2,1-2H3. The van der Waals surface area contributed by atoms with E-state index in [1.165, 1.54) is 10.9 Å². The number of nitriles is 2. The van der Waals surface area contributed by atoms with Crippen LogP contribution < -0.4 is 10.5 Å². The number of anilines is 1. The van der Waals surface area contributed by atoms with E-state index in [4.69, 9.17) is 15.7 Å². The molecule has 5 aromatic rings. The average molecular weight is 473 g/mol. The van der Waals surface area contributed by atoms with Gasteiger partial charge < -0.3 is 15.0 Å². The Bertz CT molecular complexity index is 1750. The van der Waals surface area contributed by atoms with Gasteiger partial charge in [-0.05, 0) is 67.1 Å². The van der Waals surface area contributed by atoms with Crippen molar-refractivity contribution in [2.75, 3.05) is 5.73 Å². The van der Waals surface area contributed by atoms with Crippen LogP contribution in [-0.2, 0) is 7.05 Å². The Labute approximate surface area is 207 Å². The van der Waals surface area contributed by atoms with Crippen LogP contribution in [0.4, 0.5) is 5.82 Å². The molecular weight excluding hydrogens is 452 g/mol. The number of carbonyl (C=O) groups excluding carboxylic acids is 1. The summed E-state index contributed by atoms with van der Waals surface area (Å²) in [5.41, 5.74) is 10.4. The summed E-state index contributed by atoms with van der Waals surface area (Å²) in [5, 5.41) is 23.6. The minimum absolute atomic E-state index is 0.212. The lowest BCUT2D eigenvalue weighted by Gasteiger charge is -2.12. The van der Waals surface area contributed by atoms with Gasteiger partial charge in [0.05, 0.1) is 46.4 Å². The van der Waals surface area contributed by atoms with Gasteiger partial charge in [-0.25, -0.2) is 4.68 Å². The van der Waals surface area contributed by atoms with Crippen LogP contribution in [0.25, 0.3) is 16.6 Å². The number of hydrogen-bond donors (Lipinski definition) is 1. The van der Waals surface area contributed by atoms with Gasteiger partial charge >= 0.3 is 0 Å². The number of nitrogens with two attached hydrogens (primary N) is 1. The Balaban J connectivity index is 1.46. The van der Waals surface area contributed by atoms with Crippen LogP contribution in [0.5, 0.6) is 11.5 Å². The number of nitrogens with zero attached hydrogens (tertiary/aromatic N) is 5. The third-order valence-corrected chi connectivity index (χ3v) is 6.09. The molecule has 2 aromatic heterocycles. The number of aromatic nitrogens is 3. The van der Waals surface area contributed by atoms with E-state index in [-0.39, 0.29) is 17.2 Å². The van der Waals surface area contributed by atoms with Crippen molar-refractivity contribution in [3.8, 4) is 29.3 Å². The summed E-state index contributed by atoms with van der Waals surface area (Å²) in [7, 11) is 1.78. The fourth-order valence-corrected chi connectivity index (χ4v) is 4.23. The van der Waals surface area contributed by atoms with Crippen LogP contribution in [0.3, 0.4) is 0 Å². The second-order valence-corrected chi connectivity index (χ2v) is 8.31. The van der Waals surface area contributed by atoms with E-state index in [2.05, 4.69) is 17.2 Å². The predicted octanol–water partition coefficient (Wildman–Crippen LogP) is 5.02. The largest absolute Gasteiger partial charge is 0.457 e. The monoisotopic (exact) mass is 472 g/mol. The molecule has 0 spiro atoms. The fraction of sp³-hybridized carbons (Fsp3) is 0.0714.